The van der Waals surface area contributed by atoms with Crippen molar-refractivity contribution in [3.63, 3.8) is 0 Å². The summed E-state index contributed by atoms with van der Waals surface area (Å²) in [7, 11) is 0. The maximum absolute atomic E-state index is 13.9. The molecule has 1 saturated heterocycles. The average Bonchev–Trinajstić information content (AvgIpc) is 3.11. The van der Waals surface area contributed by atoms with Gasteiger partial charge in [0, 0.05) is 73.2 Å². The number of carbonyl (C=O) groups is 2. The van der Waals surface area contributed by atoms with Crippen LogP contribution in [0.3, 0.4) is 0 Å². The van der Waals surface area contributed by atoms with Crippen LogP contribution < -0.4 is 15.0 Å². The minimum atomic E-state index is -0.784. The van der Waals surface area contributed by atoms with E-state index in [0.29, 0.717) is 31.1 Å². The predicted octanol–water partition coefficient (Wildman–Crippen LogP) is 7.06. The molecule has 2 amide bonds. The van der Waals surface area contributed by atoms with Crippen LogP contribution in [0.1, 0.15) is 58.8 Å². The van der Waals surface area contributed by atoms with Gasteiger partial charge in [-0.05, 0) is 80.3 Å². The molecule has 0 atom stereocenters. The van der Waals surface area contributed by atoms with Crippen molar-refractivity contribution in [2.45, 2.75) is 44.6 Å². The van der Waals surface area contributed by atoms with Crippen LogP contribution in [0.25, 0.3) is 0 Å². The normalized spacial score (nSPS) is 16.8. The third kappa shape index (κ3) is 6.29. The lowest BCUT2D eigenvalue weighted by Gasteiger charge is -2.39. The van der Waals surface area contributed by atoms with Gasteiger partial charge in [0.05, 0.1) is 0 Å². The van der Waals surface area contributed by atoms with Gasteiger partial charge in [-0.15, -0.1) is 0 Å². The van der Waals surface area contributed by atoms with E-state index < -0.39 is 5.41 Å². The molecule has 4 aromatic rings. The molecule has 0 bridgehead atoms. The number of amides is 2. The highest BCUT2D eigenvalue weighted by Crippen LogP contribution is 2.50. The maximum Gasteiger partial charge on any atom is 0.254 e. The number of nitrogens with one attached hydrogen (secondary N) is 1. The summed E-state index contributed by atoms with van der Waals surface area (Å²) in [5.41, 5.74) is 5.22. The number of carbonyl (C=O) groups excluding carboxylic acids is 2. The molecule has 3 aliphatic heterocycles. The van der Waals surface area contributed by atoms with Gasteiger partial charge in [-0.2, -0.15) is 0 Å². The first-order valence-electron chi connectivity index (χ1n) is 17.3. The second kappa shape index (κ2) is 14.0. The number of hydrogen-bond acceptors (Lipinski definition) is 5. The van der Waals surface area contributed by atoms with Crippen LogP contribution in [-0.4, -0.2) is 67.4 Å². The van der Waals surface area contributed by atoms with E-state index in [1.807, 2.05) is 84.6 Å². The van der Waals surface area contributed by atoms with E-state index >= 15 is 0 Å². The molecule has 7 rings (SSSR count). The summed E-state index contributed by atoms with van der Waals surface area (Å²) < 4.78 is 6.26. The molecule has 0 aromatic heterocycles. The van der Waals surface area contributed by atoms with Gasteiger partial charge in [0.15, 0.2) is 0 Å². The maximum atomic E-state index is 13.9. The summed E-state index contributed by atoms with van der Waals surface area (Å²) in [5, 5.41) is 3.84. The van der Waals surface area contributed by atoms with Gasteiger partial charge in [0.2, 0.25) is 5.91 Å². The fourth-order valence-corrected chi connectivity index (χ4v) is 7.90. The lowest BCUT2D eigenvalue weighted by Crippen LogP contribution is -2.47. The number of rotatable bonds is 10. The number of unbranched alkanes of at least 4 members (excludes halogenated alkanes) is 1. The van der Waals surface area contributed by atoms with Crippen molar-refractivity contribution in [3.8, 4) is 11.5 Å². The summed E-state index contributed by atoms with van der Waals surface area (Å²) in [6.07, 6.45) is 3.50. The van der Waals surface area contributed by atoms with Gasteiger partial charge in [0.25, 0.3) is 5.91 Å². The Morgan fingerprint density at radius 3 is 2.29 bits per heavy atom. The molecule has 3 aliphatic rings. The van der Waals surface area contributed by atoms with Crippen LogP contribution in [0.15, 0.2) is 91.0 Å². The monoisotopic (exact) mass is 662 g/mol. The Balaban J connectivity index is 0.970. The molecule has 3 heterocycles. The van der Waals surface area contributed by atoms with E-state index in [1.165, 1.54) is 0 Å². The SMILES string of the molecule is CCNC(=O)C1(CCCCN2CCN(c3ccc4c(c3)C(=O)N(Cc3cccc(Cl)c3)CC4)CC2)c2ccccc2Oc2ccccc21. The predicted molar refractivity (Wildman–Crippen MR) is 191 cm³/mol. The van der Waals surface area contributed by atoms with Crippen LogP contribution >= 0.6 is 11.6 Å². The Hall–Kier alpha value is -4.33. The summed E-state index contributed by atoms with van der Waals surface area (Å²) in [6, 6.07) is 30.1. The second-order valence-electron chi connectivity index (χ2n) is 13.1. The average molecular weight is 663 g/mol. The Morgan fingerprint density at radius 2 is 1.58 bits per heavy atom. The van der Waals surface area contributed by atoms with Crippen molar-refractivity contribution in [1.82, 2.24) is 15.1 Å². The Bertz CT molecular complexity index is 1760. The van der Waals surface area contributed by atoms with Gasteiger partial charge in [-0.3, -0.25) is 14.5 Å². The largest absolute Gasteiger partial charge is 0.457 e. The first-order valence-corrected chi connectivity index (χ1v) is 17.6. The number of halogens is 1. The Kier molecular flexibility index (Phi) is 9.42. The Labute approximate surface area is 288 Å². The molecule has 0 saturated carbocycles. The summed E-state index contributed by atoms with van der Waals surface area (Å²) in [6.45, 7) is 8.59. The van der Waals surface area contributed by atoms with E-state index in [1.54, 1.807) is 0 Å². The highest BCUT2D eigenvalue weighted by atomic mass is 35.5. The summed E-state index contributed by atoms with van der Waals surface area (Å²) >= 11 is 6.19. The third-order valence-corrected chi connectivity index (χ3v) is 10.4. The van der Waals surface area contributed by atoms with Crippen LogP contribution in [0, 0.1) is 0 Å². The van der Waals surface area contributed by atoms with Crippen molar-refractivity contribution in [3.05, 3.63) is 124 Å². The van der Waals surface area contributed by atoms with E-state index in [0.717, 1.165) is 97.0 Å². The molecule has 8 heteroatoms. The van der Waals surface area contributed by atoms with Crippen molar-refractivity contribution in [1.29, 1.82) is 0 Å². The zero-order valence-corrected chi connectivity index (χ0v) is 28.3. The van der Waals surface area contributed by atoms with Gasteiger partial charge < -0.3 is 19.9 Å². The number of hydrogen-bond donors (Lipinski definition) is 1. The minimum absolute atomic E-state index is 0.0397. The van der Waals surface area contributed by atoms with Gasteiger partial charge in [0.1, 0.15) is 16.9 Å². The van der Waals surface area contributed by atoms with E-state index in [4.69, 9.17) is 16.3 Å². The zero-order chi connectivity index (χ0) is 33.1. The molecule has 4 aromatic carbocycles. The Morgan fingerprint density at radius 1 is 0.854 bits per heavy atom. The lowest BCUT2D eigenvalue weighted by molar-refractivity contribution is -0.125. The molecule has 0 radical (unpaired) electrons. The molecule has 0 aliphatic carbocycles. The number of nitrogens with zero attached hydrogens (tertiary/aromatic N) is 3. The number of anilines is 1. The van der Waals surface area contributed by atoms with Crippen LogP contribution in [0.5, 0.6) is 11.5 Å². The molecule has 1 N–H and O–H groups in total. The number of benzene rings is 4. The topological polar surface area (TPSA) is 65.1 Å². The quantitative estimate of drug-likeness (QED) is 0.184. The van der Waals surface area contributed by atoms with Crippen molar-refractivity contribution >= 4 is 29.1 Å². The third-order valence-electron chi connectivity index (χ3n) is 10.2. The molecule has 48 heavy (non-hydrogen) atoms. The second-order valence-corrected chi connectivity index (χ2v) is 13.5. The van der Waals surface area contributed by atoms with Gasteiger partial charge in [-0.25, -0.2) is 0 Å². The first kappa shape index (κ1) is 32.2. The molecule has 248 valence electrons. The molecule has 7 nitrogen and oxygen atoms in total. The molecular formula is C40H43ClN4O3. The van der Waals surface area contributed by atoms with Crippen LogP contribution in [-0.2, 0) is 23.2 Å². The standard InChI is InChI=1S/C40H43ClN4O3/c1-2-42-39(47)40(34-12-3-5-14-36(34)48-37-15-6-4-13-35(37)40)19-7-8-20-43-22-24-44(25-23-43)32-17-16-30-18-21-45(38(46)33(30)27-32)28-29-10-9-11-31(41)26-29/h3-6,9-17,26-27H,2,7-8,18-25,28H2,1H3,(H,42,47). The van der Waals surface area contributed by atoms with Crippen molar-refractivity contribution in [2.24, 2.45) is 0 Å². The fourth-order valence-electron chi connectivity index (χ4n) is 7.69. The molecule has 1 fully saturated rings. The number of likely N-dealkylation sites (N-methyl/N-ethyl adjacent to an activating group) is 1. The molecule has 0 unspecified atom stereocenters. The highest BCUT2D eigenvalue weighted by molar-refractivity contribution is 6.30. The summed E-state index contributed by atoms with van der Waals surface area (Å²) in [4.78, 5) is 34.3. The van der Waals surface area contributed by atoms with Crippen molar-refractivity contribution < 1.29 is 14.3 Å². The minimum Gasteiger partial charge on any atom is -0.457 e. The van der Waals surface area contributed by atoms with E-state index in [-0.39, 0.29) is 11.8 Å². The smallest absolute Gasteiger partial charge is 0.254 e. The number of ether oxygens (including phenoxy) is 1. The fraction of sp³-hybridized carbons (Fsp3) is 0.350. The molecular weight excluding hydrogens is 620 g/mol. The number of fused-ring (bicyclic) bond motifs is 3. The summed E-state index contributed by atoms with van der Waals surface area (Å²) in [5.74, 6) is 1.65. The van der Waals surface area contributed by atoms with Crippen LogP contribution in [0.2, 0.25) is 5.02 Å². The first-order chi connectivity index (χ1) is 23.5. The zero-order valence-electron chi connectivity index (χ0n) is 27.6. The number of piperazine rings is 1. The van der Waals surface area contributed by atoms with Gasteiger partial charge >= 0.3 is 0 Å². The highest BCUT2D eigenvalue weighted by Gasteiger charge is 2.47. The lowest BCUT2D eigenvalue weighted by atomic mass is 9.68. The van der Waals surface area contributed by atoms with Crippen molar-refractivity contribution in [2.75, 3.05) is 50.7 Å². The van der Waals surface area contributed by atoms with Gasteiger partial charge in [-0.1, -0.05) is 72.6 Å². The number of para-hydroxylation sites is 2. The molecule has 0 spiro atoms. The van der Waals surface area contributed by atoms with E-state index in [9.17, 15) is 9.59 Å². The van der Waals surface area contributed by atoms with E-state index in [2.05, 4.69) is 33.3 Å². The van der Waals surface area contributed by atoms with Crippen LogP contribution in [0.4, 0.5) is 5.69 Å².